The molecule has 0 fully saturated rings. The minimum Gasteiger partial charge on any atom is -0.423 e. The van der Waals surface area contributed by atoms with Crippen LogP contribution < -0.4 is 15.0 Å². The van der Waals surface area contributed by atoms with Gasteiger partial charge in [0.15, 0.2) is 5.75 Å². The Balaban J connectivity index is 1.86. The molecule has 0 saturated carbocycles. The minimum absolute atomic E-state index is 0.0419. The summed E-state index contributed by atoms with van der Waals surface area (Å²) in [7, 11) is 0. The van der Waals surface area contributed by atoms with Crippen molar-refractivity contribution in [2.24, 2.45) is 0 Å². The van der Waals surface area contributed by atoms with Crippen molar-refractivity contribution in [3.8, 4) is 5.75 Å². The van der Waals surface area contributed by atoms with Crippen LogP contribution in [0.4, 0.5) is 5.69 Å². The first-order valence-corrected chi connectivity index (χ1v) is 8.65. The first kappa shape index (κ1) is 18.5. The Hall–Kier alpha value is -1.79. The van der Waals surface area contributed by atoms with Crippen LogP contribution in [-0.4, -0.2) is 56.0 Å². The van der Waals surface area contributed by atoms with E-state index in [1.54, 1.807) is 23.1 Å². The fraction of sp³-hybridized carbons (Fsp3) is 0.529. The average Bonchev–Trinajstić information content (AvgIpc) is 2.55. The van der Waals surface area contributed by atoms with E-state index < -0.39 is 0 Å². The molecule has 24 heavy (non-hydrogen) atoms. The van der Waals surface area contributed by atoms with Crippen LogP contribution in [0.5, 0.6) is 5.75 Å². The molecule has 1 amide bonds. The third kappa shape index (κ3) is 5.11. The summed E-state index contributed by atoms with van der Waals surface area (Å²) in [5, 5.41) is 3.44. The van der Waals surface area contributed by atoms with E-state index in [2.05, 4.69) is 24.1 Å². The topological polar surface area (TPSA) is 61.9 Å². The second kappa shape index (κ2) is 8.89. The molecule has 0 unspecified atom stereocenters. The average molecular weight is 354 g/mol. The minimum atomic E-state index is -0.376. The summed E-state index contributed by atoms with van der Waals surface area (Å²) in [5.41, 5.74) is 0.667. The van der Waals surface area contributed by atoms with Gasteiger partial charge in [0.1, 0.15) is 6.54 Å². The Morgan fingerprint density at radius 1 is 1.38 bits per heavy atom. The number of esters is 1. The molecule has 1 aliphatic rings. The lowest BCUT2D eigenvalue weighted by molar-refractivity contribution is -0.133. The molecule has 6 nitrogen and oxygen atoms in total. The van der Waals surface area contributed by atoms with Crippen molar-refractivity contribution in [1.82, 2.24) is 10.2 Å². The van der Waals surface area contributed by atoms with Gasteiger partial charge in [0, 0.05) is 11.6 Å². The lowest BCUT2D eigenvalue weighted by atomic mass is 10.2. The van der Waals surface area contributed by atoms with Crippen LogP contribution in [0.15, 0.2) is 18.2 Å². The van der Waals surface area contributed by atoms with Gasteiger partial charge in [-0.1, -0.05) is 25.4 Å². The second-order valence-electron chi connectivity index (χ2n) is 5.67. The van der Waals surface area contributed by atoms with E-state index in [9.17, 15) is 9.59 Å². The van der Waals surface area contributed by atoms with Gasteiger partial charge in [-0.25, -0.2) is 4.79 Å². The molecule has 0 bridgehead atoms. The van der Waals surface area contributed by atoms with Gasteiger partial charge < -0.3 is 19.9 Å². The van der Waals surface area contributed by atoms with E-state index in [1.807, 2.05) is 0 Å². The van der Waals surface area contributed by atoms with Crippen LogP contribution in [0.2, 0.25) is 5.02 Å². The molecule has 0 radical (unpaired) electrons. The summed E-state index contributed by atoms with van der Waals surface area (Å²) >= 11 is 6.00. The molecule has 1 aromatic carbocycles. The molecule has 1 N–H and O–H groups in total. The molecule has 132 valence electrons. The molecular formula is C17H24ClN3O3. The van der Waals surface area contributed by atoms with Gasteiger partial charge in [-0.3, -0.25) is 4.79 Å². The van der Waals surface area contributed by atoms with E-state index in [0.29, 0.717) is 23.0 Å². The SMILES string of the molecule is CCN(CC)CCCNC(=O)CN1CC(=O)Oc2ccc(Cl)cc21. The van der Waals surface area contributed by atoms with E-state index in [1.165, 1.54) is 0 Å². The maximum absolute atomic E-state index is 12.1. The van der Waals surface area contributed by atoms with Gasteiger partial charge in [0.2, 0.25) is 5.91 Å². The molecule has 2 rings (SSSR count). The highest BCUT2D eigenvalue weighted by Crippen LogP contribution is 2.34. The third-order valence-corrected chi connectivity index (χ3v) is 4.24. The van der Waals surface area contributed by atoms with Crippen molar-refractivity contribution >= 4 is 29.2 Å². The number of nitrogens with one attached hydrogen (secondary N) is 1. The van der Waals surface area contributed by atoms with Crippen LogP contribution in [0.3, 0.4) is 0 Å². The van der Waals surface area contributed by atoms with Crippen LogP contribution in [-0.2, 0) is 9.59 Å². The Morgan fingerprint density at radius 3 is 2.83 bits per heavy atom. The quantitative estimate of drug-likeness (QED) is 0.439. The fourth-order valence-corrected chi connectivity index (χ4v) is 2.83. The van der Waals surface area contributed by atoms with E-state index in [0.717, 1.165) is 26.1 Å². The maximum Gasteiger partial charge on any atom is 0.331 e. The van der Waals surface area contributed by atoms with E-state index in [-0.39, 0.29) is 25.0 Å². The highest BCUT2D eigenvalue weighted by molar-refractivity contribution is 6.31. The zero-order valence-electron chi connectivity index (χ0n) is 14.2. The van der Waals surface area contributed by atoms with Gasteiger partial charge in [-0.05, 0) is 44.3 Å². The summed E-state index contributed by atoms with van der Waals surface area (Å²) in [4.78, 5) is 27.8. The molecule has 1 aromatic rings. The van der Waals surface area contributed by atoms with Crippen molar-refractivity contribution in [2.45, 2.75) is 20.3 Å². The number of halogens is 1. The number of benzene rings is 1. The summed E-state index contributed by atoms with van der Waals surface area (Å²) in [6.07, 6.45) is 0.901. The Bertz CT molecular complexity index is 590. The number of rotatable bonds is 8. The predicted octanol–water partition coefficient (Wildman–Crippen LogP) is 1.91. The van der Waals surface area contributed by atoms with Crippen LogP contribution in [0.1, 0.15) is 20.3 Å². The second-order valence-corrected chi connectivity index (χ2v) is 6.11. The number of carbonyl (C=O) groups excluding carboxylic acids is 2. The molecule has 7 heteroatoms. The summed E-state index contributed by atoms with van der Waals surface area (Å²) < 4.78 is 5.17. The van der Waals surface area contributed by atoms with Gasteiger partial charge in [-0.2, -0.15) is 0 Å². The molecule has 0 aliphatic carbocycles. The van der Waals surface area contributed by atoms with Crippen LogP contribution in [0, 0.1) is 0 Å². The zero-order chi connectivity index (χ0) is 17.5. The lowest BCUT2D eigenvalue weighted by Gasteiger charge is -2.29. The van der Waals surface area contributed by atoms with E-state index in [4.69, 9.17) is 16.3 Å². The molecule has 0 aromatic heterocycles. The van der Waals surface area contributed by atoms with Gasteiger partial charge in [0.05, 0.1) is 12.2 Å². The summed E-state index contributed by atoms with van der Waals surface area (Å²) in [6.45, 7) is 8.00. The zero-order valence-corrected chi connectivity index (χ0v) is 14.9. The largest absolute Gasteiger partial charge is 0.423 e. The van der Waals surface area contributed by atoms with Crippen molar-refractivity contribution in [3.05, 3.63) is 23.2 Å². The van der Waals surface area contributed by atoms with E-state index >= 15 is 0 Å². The first-order chi connectivity index (χ1) is 11.5. The monoisotopic (exact) mass is 353 g/mol. The molecule has 0 spiro atoms. The number of nitrogens with zero attached hydrogens (tertiary/aromatic N) is 2. The number of amides is 1. The number of carbonyl (C=O) groups is 2. The summed E-state index contributed by atoms with van der Waals surface area (Å²) in [5.74, 6) is -0.0562. The number of hydrogen-bond acceptors (Lipinski definition) is 5. The summed E-state index contributed by atoms with van der Waals surface area (Å²) in [6, 6.07) is 5.01. The van der Waals surface area contributed by atoms with Crippen LogP contribution in [0.25, 0.3) is 0 Å². The molecular weight excluding hydrogens is 330 g/mol. The number of hydrogen-bond donors (Lipinski definition) is 1. The van der Waals surface area contributed by atoms with Gasteiger partial charge >= 0.3 is 5.97 Å². The number of fused-ring (bicyclic) bond motifs is 1. The third-order valence-electron chi connectivity index (χ3n) is 4.01. The Kier molecular flexibility index (Phi) is 6.87. The molecule has 1 aliphatic heterocycles. The first-order valence-electron chi connectivity index (χ1n) is 8.27. The smallest absolute Gasteiger partial charge is 0.331 e. The Morgan fingerprint density at radius 2 is 2.12 bits per heavy atom. The Labute approximate surface area is 147 Å². The lowest BCUT2D eigenvalue weighted by Crippen LogP contribution is -2.43. The van der Waals surface area contributed by atoms with Gasteiger partial charge in [-0.15, -0.1) is 0 Å². The standard InChI is InChI=1S/C17H24ClN3O3/c1-3-20(4-2)9-5-8-19-16(22)11-21-12-17(23)24-15-7-6-13(18)10-14(15)21/h6-7,10H,3-5,8-9,11-12H2,1-2H3,(H,19,22). The fourth-order valence-electron chi connectivity index (χ4n) is 2.66. The molecule has 0 saturated heterocycles. The predicted molar refractivity (Wildman–Crippen MR) is 94.7 cm³/mol. The number of anilines is 1. The highest BCUT2D eigenvalue weighted by atomic mass is 35.5. The van der Waals surface area contributed by atoms with Crippen molar-refractivity contribution in [1.29, 1.82) is 0 Å². The highest BCUT2D eigenvalue weighted by Gasteiger charge is 2.25. The molecule has 1 heterocycles. The number of ether oxygens (including phenoxy) is 1. The normalized spacial score (nSPS) is 13.7. The van der Waals surface area contributed by atoms with Gasteiger partial charge in [0.25, 0.3) is 0 Å². The van der Waals surface area contributed by atoms with Crippen LogP contribution >= 0.6 is 11.6 Å². The molecule has 0 atom stereocenters. The maximum atomic E-state index is 12.1. The van der Waals surface area contributed by atoms with Crippen molar-refractivity contribution < 1.29 is 14.3 Å². The van der Waals surface area contributed by atoms with Crippen molar-refractivity contribution in [3.63, 3.8) is 0 Å². The van der Waals surface area contributed by atoms with Crippen molar-refractivity contribution in [2.75, 3.05) is 44.2 Å².